The van der Waals surface area contributed by atoms with Crippen molar-refractivity contribution in [1.82, 2.24) is 15.6 Å². The number of aliphatic carboxylic acids is 1. The summed E-state index contributed by atoms with van der Waals surface area (Å²) < 4.78 is 5.47. The lowest BCUT2D eigenvalue weighted by Gasteiger charge is -2.14. The van der Waals surface area contributed by atoms with Crippen LogP contribution in [0.5, 0.6) is 0 Å². The average Bonchev–Trinajstić information content (AvgIpc) is 3.42. The number of carboxylic acid groups (broad SMARTS) is 1. The number of carbonyl (C=O) groups is 3. The molecule has 2 amide bonds. The van der Waals surface area contributed by atoms with Gasteiger partial charge in [0, 0.05) is 11.3 Å². The first-order chi connectivity index (χ1) is 15.9. The molecule has 0 radical (unpaired) electrons. The molecule has 1 atom stereocenters. The zero-order valence-corrected chi connectivity index (χ0v) is 18.2. The second kappa shape index (κ2) is 9.80. The van der Waals surface area contributed by atoms with Gasteiger partial charge in [-0.1, -0.05) is 48.5 Å². The van der Waals surface area contributed by atoms with Gasteiger partial charge in [-0.2, -0.15) is 0 Å². The normalized spacial score (nSPS) is 13.0. The lowest BCUT2D eigenvalue weighted by Crippen LogP contribution is -2.36. The summed E-state index contributed by atoms with van der Waals surface area (Å²) >= 11 is 1.16. The molecule has 1 aliphatic rings. The lowest BCUT2D eigenvalue weighted by molar-refractivity contribution is -0.146. The van der Waals surface area contributed by atoms with E-state index >= 15 is 0 Å². The number of amides is 2. The average molecular weight is 468 g/mol. The molecule has 0 fully saturated rings. The molecule has 0 spiro atoms. The molecule has 1 heterocycles. The van der Waals surface area contributed by atoms with Gasteiger partial charge in [-0.25, -0.2) is 14.6 Å². The number of nitrogens with one attached hydrogen (secondary N) is 2. The highest BCUT2D eigenvalue weighted by atomic mass is 32.1. The van der Waals surface area contributed by atoms with Crippen molar-refractivity contribution in [2.75, 3.05) is 13.2 Å². The minimum atomic E-state index is -1.69. The van der Waals surface area contributed by atoms with Crippen LogP contribution in [0.25, 0.3) is 11.1 Å². The van der Waals surface area contributed by atoms with Crippen LogP contribution in [0.1, 0.15) is 32.5 Å². The quantitative estimate of drug-likeness (QED) is 0.399. The highest BCUT2D eigenvalue weighted by Gasteiger charge is 2.29. The predicted molar refractivity (Wildman–Crippen MR) is 120 cm³/mol. The van der Waals surface area contributed by atoms with E-state index in [0.29, 0.717) is 5.01 Å². The lowest BCUT2D eigenvalue weighted by atomic mass is 9.98. The van der Waals surface area contributed by atoms with E-state index in [2.05, 4.69) is 27.8 Å². The van der Waals surface area contributed by atoms with Crippen LogP contribution in [0.15, 0.2) is 53.9 Å². The minimum Gasteiger partial charge on any atom is -0.479 e. The summed E-state index contributed by atoms with van der Waals surface area (Å²) in [5, 5.41) is 24.7. The van der Waals surface area contributed by atoms with Gasteiger partial charge >= 0.3 is 12.1 Å². The van der Waals surface area contributed by atoms with Gasteiger partial charge in [0.25, 0.3) is 5.91 Å². The van der Waals surface area contributed by atoms with E-state index in [1.54, 1.807) is 0 Å². The molecule has 0 unspecified atom stereocenters. The van der Waals surface area contributed by atoms with Crippen molar-refractivity contribution in [3.63, 3.8) is 0 Å². The third kappa shape index (κ3) is 5.02. The number of carbonyl (C=O) groups excluding carboxylic acids is 2. The number of nitrogens with zero attached hydrogens (tertiary/aromatic N) is 1. The first-order valence-corrected chi connectivity index (χ1v) is 11.0. The van der Waals surface area contributed by atoms with Crippen LogP contribution in [-0.4, -0.2) is 52.4 Å². The molecule has 0 aliphatic heterocycles. The van der Waals surface area contributed by atoms with Gasteiger partial charge in [0.05, 0.1) is 13.1 Å². The number of fused-ring (bicyclic) bond motifs is 3. The minimum absolute atomic E-state index is 0.0422. The maximum absolute atomic E-state index is 12.3. The Morgan fingerprint density at radius 3 is 2.30 bits per heavy atom. The van der Waals surface area contributed by atoms with Crippen LogP contribution in [0.2, 0.25) is 0 Å². The predicted octanol–water partition coefficient (Wildman–Crippen LogP) is 2.36. The van der Waals surface area contributed by atoms with E-state index < -0.39 is 30.6 Å². The number of rotatable bonds is 8. The number of aromatic nitrogens is 1. The monoisotopic (exact) mass is 467 g/mol. The Bertz CT molecular complexity index is 1150. The molecule has 1 aliphatic carbocycles. The summed E-state index contributed by atoms with van der Waals surface area (Å²) in [7, 11) is 0. The molecule has 33 heavy (non-hydrogen) atoms. The van der Waals surface area contributed by atoms with Gasteiger partial charge in [0.15, 0.2) is 6.10 Å². The van der Waals surface area contributed by atoms with Crippen LogP contribution in [0.3, 0.4) is 0 Å². The standard InChI is InChI=1S/C23H21N3O6S/c27-19(22(29)30)9-24-21(28)18-12-33-20(26-18)10-25-23(31)32-11-17-15-7-3-1-5-13(15)14-6-2-4-8-16(14)17/h1-8,12,17,19,27H,9-11H2,(H,24,28)(H,25,31)(H,29,30)/t19-/m0/s1. The molecule has 3 aromatic rings. The Labute approximate surface area is 193 Å². The van der Waals surface area contributed by atoms with E-state index in [1.165, 1.54) is 5.38 Å². The smallest absolute Gasteiger partial charge is 0.407 e. The van der Waals surface area contributed by atoms with E-state index in [-0.39, 0.29) is 24.8 Å². The number of hydrogen-bond acceptors (Lipinski definition) is 7. The summed E-state index contributed by atoms with van der Waals surface area (Å²) in [6.45, 7) is -0.164. The molecule has 10 heteroatoms. The fourth-order valence-electron chi connectivity index (χ4n) is 3.66. The summed E-state index contributed by atoms with van der Waals surface area (Å²) in [5.74, 6) is -2.08. The molecule has 0 saturated heterocycles. The number of benzene rings is 2. The second-order valence-electron chi connectivity index (χ2n) is 7.37. The third-order valence-electron chi connectivity index (χ3n) is 5.25. The number of ether oxygens (including phenoxy) is 1. The molecular formula is C23H21N3O6S. The highest BCUT2D eigenvalue weighted by molar-refractivity contribution is 7.09. The zero-order valence-electron chi connectivity index (χ0n) is 17.4. The largest absolute Gasteiger partial charge is 0.479 e. The summed E-state index contributed by atoms with van der Waals surface area (Å²) in [6, 6.07) is 16.1. The van der Waals surface area contributed by atoms with Gasteiger partial charge in [0.2, 0.25) is 0 Å². The van der Waals surface area contributed by atoms with Crippen molar-refractivity contribution >= 4 is 29.3 Å². The van der Waals surface area contributed by atoms with Crippen LogP contribution in [-0.2, 0) is 16.1 Å². The zero-order chi connectivity index (χ0) is 23.4. The summed E-state index contributed by atoms with van der Waals surface area (Å²) in [4.78, 5) is 39.0. The number of aliphatic hydroxyl groups is 1. The summed E-state index contributed by atoms with van der Waals surface area (Å²) in [6.07, 6.45) is -2.29. The Morgan fingerprint density at radius 1 is 1.03 bits per heavy atom. The number of aliphatic hydroxyl groups excluding tert-OH is 1. The van der Waals surface area contributed by atoms with Crippen molar-refractivity contribution in [1.29, 1.82) is 0 Å². The SMILES string of the molecule is O=C(NCc1nc(C(=O)NC[C@H](O)C(=O)O)cs1)OCC1c2ccccc2-c2ccccc21. The second-order valence-corrected chi connectivity index (χ2v) is 8.31. The first-order valence-electron chi connectivity index (χ1n) is 10.2. The molecule has 1 aromatic heterocycles. The maximum Gasteiger partial charge on any atom is 0.407 e. The van der Waals surface area contributed by atoms with E-state index in [4.69, 9.17) is 9.84 Å². The topological polar surface area (TPSA) is 138 Å². The van der Waals surface area contributed by atoms with Crippen molar-refractivity contribution in [3.05, 3.63) is 75.7 Å². The van der Waals surface area contributed by atoms with Gasteiger partial charge < -0.3 is 25.6 Å². The van der Waals surface area contributed by atoms with Crippen LogP contribution in [0, 0.1) is 0 Å². The van der Waals surface area contributed by atoms with Crippen molar-refractivity contribution in [3.8, 4) is 11.1 Å². The number of carboxylic acids is 1. The molecule has 0 saturated carbocycles. The van der Waals surface area contributed by atoms with Gasteiger partial charge in [-0.3, -0.25) is 4.79 Å². The maximum atomic E-state index is 12.3. The molecular weight excluding hydrogens is 446 g/mol. The third-order valence-corrected chi connectivity index (χ3v) is 6.10. The molecule has 4 N–H and O–H groups in total. The van der Waals surface area contributed by atoms with E-state index in [9.17, 15) is 19.5 Å². The van der Waals surface area contributed by atoms with Crippen molar-refractivity contribution in [2.45, 2.75) is 18.6 Å². The number of alkyl carbamates (subject to hydrolysis) is 1. The summed E-state index contributed by atoms with van der Waals surface area (Å²) in [5.41, 5.74) is 4.60. The number of hydrogen-bond donors (Lipinski definition) is 4. The van der Waals surface area contributed by atoms with E-state index in [1.807, 2.05) is 36.4 Å². The molecule has 170 valence electrons. The molecule has 0 bridgehead atoms. The van der Waals surface area contributed by atoms with Crippen LogP contribution in [0.4, 0.5) is 4.79 Å². The Balaban J connectivity index is 1.29. The first kappa shape index (κ1) is 22.4. The fourth-order valence-corrected chi connectivity index (χ4v) is 4.37. The Morgan fingerprint density at radius 2 is 1.67 bits per heavy atom. The fraction of sp³-hybridized carbons (Fsp3) is 0.217. The van der Waals surface area contributed by atoms with E-state index in [0.717, 1.165) is 33.6 Å². The van der Waals surface area contributed by atoms with Crippen molar-refractivity contribution in [2.24, 2.45) is 0 Å². The van der Waals surface area contributed by atoms with Crippen LogP contribution >= 0.6 is 11.3 Å². The van der Waals surface area contributed by atoms with Gasteiger partial charge in [-0.15, -0.1) is 11.3 Å². The van der Waals surface area contributed by atoms with Crippen molar-refractivity contribution < 1.29 is 29.3 Å². The Hall–Kier alpha value is -3.76. The highest BCUT2D eigenvalue weighted by Crippen LogP contribution is 2.44. The Kier molecular flexibility index (Phi) is 6.66. The van der Waals surface area contributed by atoms with Gasteiger partial charge in [0.1, 0.15) is 17.3 Å². The molecule has 4 rings (SSSR count). The molecule has 2 aromatic carbocycles. The number of thiazole rings is 1. The van der Waals surface area contributed by atoms with Crippen LogP contribution < -0.4 is 10.6 Å². The molecule has 9 nitrogen and oxygen atoms in total. The van der Waals surface area contributed by atoms with Gasteiger partial charge in [-0.05, 0) is 22.3 Å².